The summed E-state index contributed by atoms with van der Waals surface area (Å²) in [6.07, 6.45) is 1.62. The molecule has 6 nitrogen and oxygen atoms in total. The van der Waals surface area contributed by atoms with Crippen molar-refractivity contribution >= 4 is 16.7 Å². The molecule has 0 spiro atoms. The molecule has 0 aliphatic carbocycles. The zero-order valence-electron chi connectivity index (χ0n) is 8.84. The van der Waals surface area contributed by atoms with E-state index in [1.165, 1.54) is 0 Å². The average molecular weight is 231 g/mol. The Hall–Kier alpha value is -1.11. The summed E-state index contributed by atoms with van der Waals surface area (Å²) in [5, 5.41) is 5.81. The summed E-state index contributed by atoms with van der Waals surface area (Å²) < 4.78 is 16.3. The highest BCUT2D eigenvalue weighted by molar-refractivity contribution is 7.85. The minimum absolute atomic E-state index is 0.197. The van der Waals surface area contributed by atoms with E-state index >= 15 is 0 Å². The topological polar surface area (TPSA) is 76.2 Å². The summed E-state index contributed by atoms with van der Waals surface area (Å²) in [6, 6.07) is 0. The first kappa shape index (κ1) is 10.4. The van der Waals surface area contributed by atoms with Gasteiger partial charge in [-0.25, -0.2) is 0 Å². The van der Waals surface area contributed by atoms with Gasteiger partial charge in [-0.15, -0.1) is 5.01 Å². The molecule has 1 fully saturated rings. The van der Waals surface area contributed by atoms with E-state index < -0.39 is 10.8 Å². The second kappa shape index (κ2) is 3.48. The van der Waals surface area contributed by atoms with Crippen molar-refractivity contribution in [2.45, 2.75) is 19.4 Å². The lowest BCUT2D eigenvalue weighted by Gasteiger charge is -2.34. The maximum atomic E-state index is 11.5. The van der Waals surface area contributed by atoms with Crippen molar-refractivity contribution < 1.29 is 13.5 Å². The standard InChI is InChI=1S/C8H15N4O2S/c1-8(2)6-15(13)4-3-11(8)12-5-7(9)14-10-12/h5H,3-4,6,9H2,1-2H3/q+1. The van der Waals surface area contributed by atoms with Crippen LogP contribution in [0.5, 0.6) is 0 Å². The molecule has 2 rings (SSSR count). The lowest BCUT2D eigenvalue weighted by molar-refractivity contribution is -0.764. The van der Waals surface area contributed by atoms with Gasteiger partial charge in [-0.1, -0.05) is 0 Å². The molecule has 2 N–H and O–H groups in total. The van der Waals surface area contributed by atoms with Crippen LogP contribution in [0.4, 0.5) is 5.88 Å². The molecule has 1 aromatic heterocycles. The number of nitrogens with zero attached hydrogens (tertiary/aromatic N) is 3. The third-order valence-corrected chi connectivity index (χ3v) is 4.13. The Bertz CT molecular complexity index is 390. The van der Waals surface area contributed by atoms with Crippen LogP contribution in [-0.4, -0.2) is 33.1 Å². The Morgan fingerprint density at radius 2 is 2.47 bits per heavy atom. The molecule has 0 aromatic carbocycles. The van der Waals surface area contributed by atoms with Gasteiger partial charge >= 0.3 is 0 Å². The van der Waals surface area contributed by atoms with Crippen LogP contribution in [0.1, 0.15) is 13.8 Å². The zero-order chi connectivity index (χ0) is 11.1. The fourth-order valence-electron chi connectivity index (χ4n) is 1.78. The van der Waals surface area contributed by atoms with Crippen LogP contribution in [0.2, 0.25) is 0 Å². The first-order valence-electron chi connectivity index (χ1n) is 4.76. The summed E-state index contributed by atoms with van der Waals surface area (Å²) in [7, 11) is -0.742. The molecule has 0 radical (unpaired) electrons. The van der Waals surface area contributed by atoms with E-state index in [2.05, 4.69) is 5.27 Å². The summed E-state index contributed by atoms with van der Waals surface area (Å²) >= 11 is 0. The van der Waals surface area contributed by atoms with Crippen LogP contribution in [0.15, 0.2) is 10.7 Å². The third-order valence-electron chi connectivity index (χ3n) is 2.46. The fraction of sp³-hybridized carbons (Fsp3) is 0.750. The van der Waals surface area contributed by atoms with Crippen molar-refractivity contribution in [3.63, 3.8) is 0 Å². The van der Waals surface area contributed by atoms with Gasteiger partial charge in [0.15, 0.2) is 0 Å². The monoisotopic (exact) mass is 231 g/mol. The van der Waals surface area contributed by atoms with Crippen LogP contribution in [0, 0.1) is 0 Å². The van der Waals surface area contributed by atoms with Crippen molar-refractivity contribution in [2.75, 3.05) is 28.8 Å². The van der Waals surface area contributed by atoms with Gasteiger partial charge in [-0.3, -0.25) is 8.73 Å². The molecule has 1 aliphatic rings. The highest BCUT2D eigenvalue weighted by atomic mass is 32.2. The molecule has 15 heavy (non-hydrogen) atoms. The van der Waals surface area contributed by atoms with E-state index in [0.29, 0.717) is 18.1 Å². The van der Waals surface area contributed by atoms with Gasteiger partial charge in [-0.2, -0.15) is 0 Å². The SMILES string of the molecule is CC1(C)CS(=O)CCN1[n+]1cc(N)on1. The molecular formula is C8H15N4O2S+. The van der Waals surface area contributed by atoms with Crippen molar-refractivity contribution in [1.82, 2.24) is 5.27 Å². The second-order valence-corrected chi connectivity index (χ2v) is 5.83. The van der Waals surface area contributed by atoms with Gasteiger partial charge in [0.1, 0.15) is 5.54 Å². The summed E-state index contributed by atoms with van der Waals surface area (Å²) in [6.45, 7) is 4.75. The van der Waals surface area contributed by atoms with Crippen molar-refractivity contribution in [3.8, 4) is 0 Å². The summed E-state index contributed by atoms with van der Waals surface area (Å²) in [5.74, 6) is 1.56. The quantitative estimate of drug-likeness (QED) is 0.629. The average Bonchev–Trinajstić information content (AvgIpc) is 2.49. The minimum Gasteiger partial charge on any atom is -0.362 e. The molecule has 0 amide bonds. The number of hydrogen-bond donors (Lipinski definition) is 1. The van der Waals surface area contributed by atoms with Gasteiger partial charge in [0, 0.05) is 16.6 Å². The Labute approximate surface area is 90.4 Å². The molecule has 1 aromatic rings. The molecule has 2 heterocycles. The van der Waals surface area contributed by atoms with E-state index in [-0.39, 0.29) is 11.4 Å². The number of rotatable bonds is 1. The minimum atomic E-state index is -0.742. The lowest BCUT2D eigenvalue weighted by Crippen LogP contribution is -2.72. The zero-order valence-corrected chi connectivity index (χ0v) is 9.66. The molecule has 1 saturated heterocycles. The van der Waals surface area contributed by atoms with Gasteiger partial charge in [0.25, 0.3) is 12.1 Å². The molecule has 1 atom stereocenters. The number of aromatic nitrogens is 2. The Kier molecular flexibility index (Phi) is 2.41. The van der Waals surface area contributed by atoms with Gasteiger partial charge in [0.2, 0.25) is 5.27 Å². The second-order valence-electron chi connectivity index (χ2n) is 4.25. The molecule has 0 bridgehead atoms. The molecule has 1 unspecified atom stereocenters. The number of anilines is 1. The largest absolute Gasteiger partial charge is 0.362 e. The van der Waals surface area contributed by atoms with Crippen LogP contribution in [0.25, 0.3) is 0 Å². The first-order valence-corrected chi connectivity index (χ1v) is 6.25. The lowest BCUT2D eigenvalue weighted by atomic mass is 10.1. The van der Waals surface area contributed by atoms with E-state index in [9.17, 15) is 4.21 Å². The predicted octanol–water partition coefficient (Wildman–Crippen LogP) is -0.977. The number of nitrogen functional groups attached to an aromatic ring is 1. The van der Waals surface area contributed by atoms with E-state index in [1.54, 1.807) is 11.0 Å². The first-order chi connectivity index (χ1) is 6.99. The molecule has 1 aliphatic heterocycles. The third kappa shape index (κ3) is 1.97. The maximum absolute atomic E-state index is 11.5. The smallest absolute Gasteiger partial charge is 0.296 e. The van der Waals surface area contributed by atoms with E-state index in [1.807, 2.05) is 18.9 Å². The molecule has 7 heteroatoms. The van der Waals surface area contributed by atoms with Crippen LogP contribution in [-0.2, 0) is 10.8 Å². The summed E-state index contributed by atoms with van der Waals surface area (Å²) in [5.41, 5.74) is 5.27. The Morgan fingerprint density at radius 3 is 3.00 bits per heavy atom. The Morgan fingerprint density at radius 1 is 1.73 bits per heavy atom. The van der Waals surface area contributed by atoms with Crippen molar-refractivity contribution in [1.29, 1.82) is 0 Å². The van der Waals surface area contributed by atoms with Gasteiger partial charge in [-0.05, 0) is 13.8 Å². The fourth-order valence-corrected chi connectivity index (χ4v) is 3.23. The van der Waals surface area contributed by atoms with E-state index in [0.717, 1.165) is 0 Å². The molecular weight excluding hydrogens is 216 g/mol. The van der Waals surface area contributed by atoms with Crippen LogP contribution >= 0.6 is 0 Å². The molecule has 84 valence electrons. The van der Waals surface area contributed by atoms with Crippen molar-refractivity contribution in [2.24, 2.45) is 0 Å². The highest BCUT2D eigenvalue weighted by Gasteiger charge is 2.40. The normalized spacial score (nSPS) is 25.5. The Balaban J connectivity index is 2.25. The molecule has 0 saturated carbocycles. The van der Waals surface area contributed by atoms with E-state index in [4.69, 9.17) is 10.3 Å². The predicted molar refractivity (Wildman–Crippen MR) is 56.1 cm³/mol. The van der Waals surface area contributed by atoms with Gasteiger partial charge in [0.05, 0.1) is 17.1 Å². The number of nitrogens with two attached hydrogens (primary N) is 1. The number of hydrogen-bond acceptors (Lipinski definition) is 5. The van der Waals surface area contributed by atoms with Crippen LogP contribution in [0.3, 0.4) is 0 Å². The van der Waals surface area contributed by atoms with Gasteiger partial charge < -0.3 is 5.73 Å². The van der Waals surface area contributed by atoms with Crippen molar-refractivity contribution in [3.05, 3.63) is 6.20 Å². The highest BCUT2D eigenvalue weighted by Crippen LogP contribution is 2.16. The summed E-state index contributed by atoms with van der Waals surface area (Å²) in [4.78, 5) is 1.59. The van der Waals surface area contributed by atoms with Crippen LogP contribution < -0.4 is 15.5 Å². The maximum Gasteiger partial charge on any atom is 0.296 e.